The molecule has 0 aliphatic carbocycles. The van der Waals surface area contributed by atoms with Crippen molar-refractivity contribution >= 4 is 26.0 Å². The first-order valence-electron chi connectivity index (χ1n) is 12.6. The number of benzene rings is 3. The minimum absolute atomic E-state index is 0.107. The van der Waals surface area contributed by atoms with Crippen LogP contribution in [0.1, 0.15) is 46.3 Å². The number of hydrogen-bond donors (Lipinski definition) is 0. The molecule has 0 N–H and O–H groups in total. The fourth-order valence-corrected chi connectivity index (χ4v) is 7.76. The van der Waals surface area contributed by atoms with Crippen molar-refractivity contribution in [3.63, 3.8) is 0 Å². The molecule has 0 heterocycles. The fraction of sp³-hybridized carbons (Fsp3) is 0.296. The van der Waals surface area contributed by atoms with Crippen LogP contribution in [0, 0.1) is 0 Å². The first kappa shape index (κ1) is 35.8. The number of hydrogen-bond acceptors (Lipinski definition) is 6. The number of halogens is 9. The van der Waals surface area contributed by atoms with Crippen LogP contribution < -0.4 is 0 Å². The molecule has 246 valence electrons. The third kappa shape index (κ3) is 8.35. The summed E-state index contributed by atoms with van der Waals surface area (Å²) in [6, 6.07) is 6.73. The van der Waals surface area contributed by atoms with Crippen molar-refractivity contribution in [1.82, 2.24) is 3.71 Å². The molecule has 3 rings (SSSR count). The van der Waals surface area contributed by atoms with Crippen LogP contribution in [0.4, 0.5) is 39.5 Å². The van der Waals surface area contributed by atoms with Gasteiger partial charge in [0.2, 0.25) is 0 Å². The number of nitrogens with zero attached hydrogens (tertiary/aromatic N) is 1. The van der Waals surface area contributed by atoms with Crippen LogP contribution >= 0.6 is 0 Å². The van der Waals surface area contributed by atoms with Gasteiger partial charge in [-0.15, -0.1) is 0 Å². The van der Waals surface area contributed by atoms with Gasteiger partial charge in [0.05, 0.1) is 39.0 Å². The summed E-state index contributed by atoms with van der Waals surface area (Å²) >= 11 is 0. The normalized spacial score (nSPS) is 13.9. The van der Waals surface area contributed by atoms with E-state index in [9.17, 15) is 61.1 Å². The Morgan fingerprint density at radius 3 is 1.56 bits per heavy atom. The number of alkyl halides is 9. The quantitative estimate of drug-likeness (QED) is 0.168. The van der Waals surface area contributed by atoms with Crippen molar-refractivity contribution in [3.05, 3.63) is 95.1 Å². The highest BCUT2D eigenvalue weighted by Crippen LogP contribution is 2.39. The maximum Gasteiger partial charge on any atom is 0.416 e. The van der Waals surface area contributed by atoms with Crippen molar-refractivity contribution in [2.45, 2.75) is 47.6 Å². The average Bonchev–Trinajstić information content (AvgIpc) is 2.94. The number of carbonyl (C=O) groups excluding carboxylic acids is 1. The Morgan fingerprint density at radius 2 is 1.18 bits per heavy atom. The van der Waals surface area contributed by atoms with Gasteiger partial charge in [0.1, 0.15) is 0 Å². The summed E-state index contributed by atoms with van der Waals surface area (Å²) in [4.78, 5) is 9.96. The Balaban J connectivity index is 2.12. The van der Waals surface area contributed by atoms with E-state index in [-0.39, 0.29) is 12.2 Å². The molecule has 1 atom stereocenters. The van der Waals surface area contributed by atoms with Crippen LogP contribution in [-0.2, 0) is 37.1 Å². The standard InChI is InChI=1S/C27H22F9NO6S2/c1-2-43-24(38)18-5-3-4-17(16-18)23(27(34,35)36)14-15-37(44(39,40)21-10-6-19(7-11-21)25(28,29)30)45(41,42)22-12-8-20(9-13-22)26(31,32)33/h3-13,16,23H,2,14-15H2,1H3. The first-order chi connectivity index (χ1) is 20.6. The van der Waals surface area contributed by atoms with Crippen LogP contribution in [0.5, 0.6) is 0 Å². The molecule has 7 nitrogen and oxygen atoms in total. The van der Waals surface area contributed by atoms with Crippen molar-refractivity contribution in [2.24, 2.45) is 0 Å². The molecule has 0 bridgehead atoms. The Labute approximate surface area is 251 Å². The van der Waals surface area contributed by atoms with Crippen molar-refractivity contribution in [2.75, 3.05) is 13.2 Å². The van der Waals surface area contributed by atoms with Gasteiger partial charge >= 0.3 is 24.5 Å². The molecule has 0 spiro atoms. The second-order valence-corrected chi connectivity index (χ2v) is 13.2. The molecule has 0 saturated heterocycles. The van der Waals surface area contributed by atoms with Crippen LogP contribution in [0.15, 0.2) is 82.6 Å². The number of rotatable bonds is 10. The lowest BCUT2D eigenvalue weighted by atomic mass is 9.93. The Kier molecular flexibility index (Phi) is 10.3. The van der Waals surface area contributed by atoms with Gasteiger partial charge in [-0.3, -0.25) is 0 Å². The number of esters is 1. The van der Waals surface area contributed by atoms with E-state index in [2.05, 4.69) is 0 Å². The lowest BCUT2D eigenvalue weighted by Crippen LogP contribution is -2.39. The molecule has 0 amide bonds. The van der Waals surface area contributed by atoms with Crippen molar-refractivity contribution < 1.29 is 65.9 Å². The monoisotopic (exact) mass is 691 g/mol. The van der Waals surface area contributed by atoms with Gasteiger partial charge in [0, 0.05) is 6.54 Å². The van der Waals surface area contributed by atoms with E-state index in [4.69, 9.17) is 4.74 Å². The predicted octanol–water partition coefficient (Wildman–Crippen LogP) is 7.02. The highest BCUT2D eigenvalue weighted by atomic mass is 32.3. The molecule has 0 fully saturated rings. The summed E-state index contributed by atoms with van der Waals surface area (Å²) in [5, 5.41) is 0. The Bertz CT molecular complexity index is 1630. The lowest BCUT2D eigenvalue weighted by molar-refractivity contribution is -0.152. The number of sulfonamides is 2. The van der Waals surface area contributed by atoms with E-state index in [1.54, 1.807) is 0 Å². The van der Waals surface area contributed by atoms with E-state index in [0.29, 0.717) is 48.5 Å². The largest absolute Gasteiger partial charge is 0.462 e. The highest BCUT2D eigenvalue weighted by molar-refractivity contribution is 8.04. The second kappa shape index (κ2) is 13.0. The van der Waals surface area contributed by atoms with Crippen LogP contribution in [0.2, 0.25) is 0 Å². The fourth-order valence-electron chi connectivity index (χ4n) is 4.09. The molecular formula is C27H22F9NO6S2. The number of carbonyl (C=O) groups is 1. The number of ether oxygens (including phenoxy) is 1. The van der Waals surface area contributed by atoms with Gasteiger partial charge in [-0.05, 0) is 79.6 Å². The summed E-state index contributed by atoms with van der Waals surface area (Å²) in [6.45, 7) is -0.117. The van der Waals surface area contributed by atoms with Crippen molar-refractivity contribution in [3.8, 4) is 0 Å². The summed E-state index contributed by atoms with van der Waals surface area (Å²) < 4.78 is 179. The SMILES string of the molecule is CCOC(=O)c1cccc(C(CCN(S(=O)(=O)c2ccc(C(F)(F)F)cc2)S(=O)(=O)c2ccc(C(F)(F)F)cc2)C(F)(F)F)c1. The molecule has 0 aliphatic heterocycles. The van der Waals surface area contributed by atoms with Gasteiger partial charge in [-0.1, -0.05) is 15.8 Å². The molecule has 0 radical (unpaired) electrons. The molecule has 1 unspecified atom stereocenters. The van der Waals surface area contributed by atoms with Gasteiger partial charge in [-0.25, -0.2) is 21.6 Å². The van der Waals surface area contributed by atoms with E-state index in [1.165, 1.54) is 6.92 Å². The predicted molar refractivity (Wildman–Crippen MR) is 140 cm³/mol. The Morgan fingerprint density at radius 1 is 0.733 bits per heavy atom. The van der Waals surface area contributed by atoms with Crippen molar-refractivity contribution in [1.29, 1.82) is 0 Å². The molecule has 0 aromatic heterocycles. The zero-order valence-electron chi connectivity index (χ0n) is 22.7. The minimum Gasteiger partial charge on any atom is -0.462 e. The van der Waals surface area contributed by atoms with Crippen LogP contribution in [-0.4, -0.2) is 45.8 Å². The van der Waals surface area contributed by atoms with E-state index in [0.717, 1.165) is 24.3 Å². The van der Waals surface area contributed by atoms with Gasteiger partial charge < -0.3 is 4.74 Å². The zero-order chi connectivity index (χ0) is 34.0. The summed E-state index contributed by atoms with van der Waals surface area (Å²) in [5.74, 6) is -3.56. The molecule has 18 heteroatoms. The molecule has 0 aliphatic rings. The lowest BCUT2D eigenvalue weighted by Gasteiger charge is -2.26. The summed E-state index contributed by atoms with van der Waals surface area (Å²) in [7, 11) is -10.9. The second-order valence-electron chi connectivity index (χ2n) is 9.28. The third-order valence-corrected chi connectivity index (χ3v) is 10.6. The zero-order valence-corrected chi connectivity index (χ0v) is 24.4. The van der Waals surface area contributed by atoms with Gasteiger partial charge in [0.25, 0.3) is 20.0 Å². The van der Waals surface area contributed by atoms with E-state index in [1.807, 2.05) is 0 Å². The molecule has 0 saturated carbocycles. The maximum atomic E-state index is 14.2. The smallest absolute Gasteiger partial charge is 0.416 e. The topological polar surface area (TPSA) is 97.8 Å². The first-order valence-corrected chi connectivity index (χ1v) is 15.4. The van der Waals surface area contributed by atoms with E-state index < -0.39 is 93.6 Å². The maximum absolute atomic E-state index is 14.2. The van der Waals surface area contributed by atoms with Gasteiger partial charge in [-0.2, -0.15) is 39.5 Å². The highest BCUT2D eigenvalue weighted by Gasteiger charge is 2.44. The molecule has 45 heavy (non-hydrogen) atoms. The van der Waals surface area contributed by atoms with Crippen LogP contribution in [0.3, 0.4) is 0 Å². The molecule has 3 aromatic carbocycles. The third-order valence-electron chi connectivity index (χ3n) is 6.29. The molecule has 3 aromatic rings. The molecular weight excluding hydrogens is 669 g/mol. The van der Waals surface area contributed by atoms with Crippen LogP contribution in [0.25, 0.3) is 0 Å². The summed E-state index contributed by atoms with van der Waals surface area (Å²) in [5.41, 5.74) is -3.52. The Hall–Kier alpha value is -3.64. The van der Waals surface area contributed by atoms with Gasteiger partial charge in [0.15, 0.2) is 0 Å². The average molecular weight is 692 g/mol. The van der Waals surface area contributed by atoms with E-state index >= 15 is 0 Å². The summed E-state index contributed by atoms with van der Waals surface area (Å²) in [6.07, 6.45) is -16.3. The minimum atomic E-state index is -5.45.